The number of rotatable bonds is 6. The van der Waals surface area contributed by atoms with Gasteiger partial charge in [0.2, 0.25) is 5.91 Å². The predicted octanol–water partition coefficient (Wildman–Crippen LogP) is 1.53. The van der Waals surface area contributed by atoms with E-state index in [-0.39, 0.29) is 12.0 Å². The van der Waals surface area contributed by atoms with Gasteiger partial charge in [0.25, 0.3) is 0 Å². The van der Waals surface area contributed by atoms with Crippen LogP contribution >= 0.6 is 0 Å². The summed E-state index contributed by atoms with van der Waals surface area (Å²) in [7, 11) is 0. The van der Waals surface area contributed by atoms with Gasteiger partial charge in [-0.05, 0) is 51.8 Å². The molecule has 122 valence electrons. The molecule has 1 heterocycles. The highest BCUT2D eigenvalue weighted by atomic mass is 16.5. The first-order valence-corrected chi connectivity index (χ1v) is 7.91. The van der Waals surface area contributed by atoms with Crippen LogP contribution in [0.2, 0.25) is 0 Å². The van der Waals surface area contributed by atoms with Crippen LogP contribution in [0.5, 0.6) is 5.75 Å². The number of primary amides is 1. The van der Waals surface area contributed by atoms with Gasteiger partial charge in [0.1, 0.15) is 11.9 Å². The summed E-state index contributed by atoms with van der Waals surface area (Å²) in [6, 6.07) is 8.09. The smallest absolute Gasteiger partial charge is 0.246 e. The molecule has 5 heteroatoms. The van der Waals surface area contributed by atoms with E-state index in [9.17, 15) is 9.90 Å². The number of para-hydroxylation sites is 1. The van der Waals surface area contributed by atoms with Gasteiger partial charge in [-0.2, -0.15) is 0 Å². The average molecular weight is 306 g/mol. The molecule has 1 saturated heterocycles. The highest BCUT2D eigenvalue weighted by Gasteiger charge is 2.28. The molecule has 1 atom stereocenters. The van der Waals surface area contributed by atoms with Crippen LogP contribution in [0.25, 0.3) is 0 Å². The largest absolute Gasteiger partial charge is 0.491 e. The van der Waals surface area contributed by atoms with Crippen molar-refractivity contribution in [1.29, 1.82) is 0 Å². The Kier molecular flexibility index (Phi) is 5.80. The van der Waals surface area contributed by atoms with Crippen LogP contribution < -0.4 is 10.5 Å². The molecule has 0 bridgehead atoms. The van der Waals surface area contributed by atoms with Crippen LogP contribution in [0.1, 0.15) is 32.3 Å². The average Bonchev–Trinajstić information content (AvgIpc) is 2.48. The number of nitrogens with zero attached hydrogens (tertiary/aromatic N) is 1. The van der Waals surface area contributed by atoms with Gasteiger partial charge in [-0.1, -0.05) is 18.2 Å². The van der Waals surface area contributed by atoms with Gasteiger partial charge in [0, 0.05) is 12.1 Å². The van der Waals surface area contributed by atoms with Gasteiger partial charge in [-0.25, -0.2) is 0 Å². The lowest BCUT2D eigenvalue weighted by molar-refractivity contribution is -0.129. The van der Waals surface area contributed by atoms with Crippen molar-refractivity contribution in [1.82, 2.24) is 4.90 Å². The minimum Gasteiger partial charge on any atom is -0.491 e. The number of piperidine rings is 1. The molecule has 0 unspecified atom stereocenters. The van der Waals surface area contributed by atoms with Gasteiger partial charge < -0.3 is 15.6 Å². The van der Waals surface area contributed by atoms with Crippen LogP contribution in [-0.4, -0.2) is 41.2 Å². The van der Waals surface area contributed by atoms with E-state index >= 15 is 0 Å². The second-order valence-electron chi connectivity index (χ2n) is 6.24. The molecule has 1 amide bonds. The van der Waals surface area contributed by atoms with Crippen LogP contribution in [0, 0.1) is 5.92 Å². The van der Waals surface area contributed by atoms with Crippen LogP contribution in [0.3, 0.4) is 0 Å². The highest BCUT2D eigenvalue weighted by molar-refractivity contribution is 5.78. The molecule has 0 aliphatic carbocycles. The van der Waals surface area contributed by atoms with E-state index in [4.69, 9.17) is 10.5 Å². The molecule has 3 N–H and O–H groups in total. The fourth-order valence-corrected chi connectivity index (χ4v) is 2.90. The second-order valence-corrected chi connectivity index (χ2v) is 6.24. The molecule has 0 saturated carbocycles. The Balaban J connectivity index is 1.92. The first kappa shape index (κ1) is 16.8. The molecule has 1 aromatic carbocycles. The number of carbonyl (C=O) groups is 1. The molecule has 1 fully saturated rings. The van der Waals surface area contributed by atoms with E-state index in [0.717, 1.165) is 38.2 Å². The Morgan fingerprint density at radius 3 is 2.59 bits per heavy atom. The number of amides is 1. The first-order chi connectivity index (χ1) is 10.5. The predicted molar refractivity (Wildman–Crippen MR) is 85.4 cm³/mol. The third-order valence-electron chi connectivity index (χ3n) is 4.10. The molecule has 22 heavy (non-hydrogen) atoms. The number of nitrogens with two attached hydrogens (primary N) is 1. The van der Waals surface area contributed by atoms with Crippen LogP contribution in [0.15, 0.2) is 24.3 Å². The lowest BCUT2D eigenvalue weighted by Gasteiger charge is -2.33. The van der Waals surface area contributed by atoms with E-state index in [2.05, 4.69) is 11.0 Å². The van der Waals surface area contributed by atoms with Crippen molar-refractivity contribution >= 4 is 5.91 Å². The van der Waals surface area contributed by atoms with Gasteiger partial charge in [0.05, 0.1) is 6.10 Å². The van der Waals surface area contributed by atoms with Gasteiger partial charge in [-0.15, -0.1) is 0 Å². The van der Waals surface area contributed by atoms with Crippen molar-refractivity contribution in [3.8, 4) is 5.75 Å². The summed E-state index contributed by atoms with van der Waals surface area (Å²) < 4.78 is 5.85. The second kappa shape index (κ2) is 7.61. The third-order valence-corrected chi connectivity index (χ3v) is 4.10. The van der Waals surface area contributed by atoms with Crippen molar-refractivity contribution < 1.29 is 14.6 Å². The van der Waals surface area contributed by atoms with Crippen molar-refractivity contribution in [2.45, 2.75) is 45.4 Å². The molecule has 0 spiro atoms. The lowest BCUT2D eigenvalue weighted by Crippen LogP contribution is -2.42. The zero-order valence-corrected chi connectivity index (χ0v) is 13.4. The number of aliphatic hydroxyl groups is 1. The molecule has 5 nitrogen and oxygen atoms in total. The first-order valence-electron chi connectivity index (χ1n) is 7.91. The van der Waals surface area contributed by atoms with Gasteiger partial charge in [-0.3, -0.25) is 9.69 Å². The summed E-state index contributed by atoms with van der Waals surface area (Å²) in [4.78, 5) is 13.4. The molecule has 1 aliphatic heterocycles. The Labute approximate surface area is 132 Å². The van der Waals surface area contributed by atoms with Crippen molar-refractivity contribution in [2.75, 3.05) is 13.1 Å². The molecular weight excluding hydrogens is 280 g/mol. The third kappa shape index (κ3) is 4.45. The molecule has 0 radical (unpaired) electrons. The molecule has 1 aliphatic rings. The number of carbonyl (C=O) groups excluding carboxylic acids is 1. The Morgan fingerprint density at radius 1 is 1.36 bits per heavy atom. The summed E-state index contributed by atoms with van der Waals surface area (Å²) in [6.07, 6.45) is 0.713. The zero-order chi connectivity index (χ0) is 16.1. The fraction of sp³-hybridized carbons (Fsp3) is 0.588. The SMILES string of the molecule is CC(C)Oc1ccccc1CN1CCC([C@@H](O)C(N)=O)CC1. The number of aliphatic hydroxyl groups excluding tert-OH is 1. The Morgan fingerprint density at radius 2 is 2.00 bits per heavy atom. The summed E-state index contributed by atoms with van der Waals surface area (Å²) in [5, 5.41) is 9.76. The molecule has 1 aromatic rings. The van der Waals surface area contributed by atoms with Crippen molar-refractivity contribution in [3.05, 3.63) is 29.8 Å². The highest BCUT2D eigenvalue weighted by Crippen LogP contribution is 2.25. The standard InChI is InChI=1S/C17H26N2O3/c1-12(2)22-15-6-4-3-5-14(15)11-19-9-7-13(8-10-19)16(20)17(18)21/h3-6,12-13,16,20H,7-11H2,1-2H3,(H2,18,21)/t16-/m1/s1. The van der Waals surface area contributed by atoms with E-state index in [1.165, 1.54) is 5.56 Å². The van der Waals surface area contributed by atoms with Crippen LogP contribution in [-0.2, 0) is 11.3 Å². The number of benzene rings is 1. The van der Waals surface area contributed by atoms with Gasteiger partial charge in [0.15, 0.2) is 0 Å². The lowest BCUT2D eigenvalue weighted by atomic mass is 9.90. The minimum atomic E-state index is -1.02. The monoisotopic (exact) mass is 306 g/mol. The minimum absolute atomic E-state index is 0.0177. The number of likely N-dealkylation sites (tertiary alicyclic amines) is 1. The number of hydrogen-bond donors (Lipinski definition) is 2. The summed E-state index contributed by atoms with van der Waals surface area (Å²) in [5.74, 6) is 0.293. The maximum absolute atomic E-state index is 11.1. The van der Waals surface area contributed by atoms with Crippen molar-refractivity contribution in [3.63, 3.8) is 0 Å². The summed E-state index contributed by atoms with van der Waals surface area (Å²) in [6.45, 7) is 6.57. The van der Waals surface area contributed by atoms with Crippen molar-refractivity contribution in [2.24, 2.45) is 11.7 Å². The molecule has 2 rings (SSSR count). The Hall–Kier alpha value is -1.59. The van der Waals surface area contributed by atoms with E-state index in [1.807, 2.05) is 32.0 Å². The van der Waals surface area contributed by atoms with E-state index in [1.54, 1.807) is 0 Å². The van der Waals surface area contributed by atoms with Crippen LogP contribution in [0.4, 0.5) is 0 Å². The Bertz CT molecular complexity index is 496. The maximum atomic E-state index is 11.1. The van der Waals surface area contributed by atoms with Gasteiger partial charge >= 0.3 is 0 Å². The molecular formula is C17H26N2O3. The normalized spacial score (nSPS) is 18.4. The fourth-order valence-electron chi connectivity index (χ4n) is 2.90. The maximum Gasteiger partial charge on any atom is 0.246 e. The van der Waals surface area contributed by atoms with E-state index < -0.39 is 12.0 Å². The number of ether oxygens (including phenoxy) is 1. The zero-order valence-electron chi connectivity index (χ0n) is 13.4. The summed E-state index contributed by atoms with van der Waals surface area (Å²) >= 11 is 0. The molecule has 0 aromatic heterocycles. The quantitative estimate of drug-likeness (QED) is 0.836. The van der Waals surface area contributed by atoms with E-state index in [0.29, 0.717) is 0 Å². The summed E-state index contributed by atoms with van der Waals surface area (Å²) in [5.41, 5.74) is 6.34. The topological polar surface area (TPSA) is 75.8 Å². The number of hydrogen-bond acceptors (Lipinski definition) is 4.